The lowest BCUT2D eigenvalue weighted by molar-refractivity contribution is 0.0517. The second-order valence-corrected chi connectivity index (χ2v) is 3.68. The molecule has 1 N–H and O–H groups in total. The van der Waals surface area contributed by atoms with E-state index in [-0.39, 0.29) is 17.3 Å². The van der Waals surface area contributed by atoms with Crippen molar-refractivity contribution in [2.75, 3.05) is 13.2 Å². The first-order valence-electron chi connectivity index (χ1n) is 5.09. The highest BCUT2D eigenvalue weighted by molar-refractivity contribution is 5.84. The summed E-state index contributed by atoms with van der Waals surface area (Å²) in [6.07, 6.45) is 1.64. The number of carbonyl (C=O) groups is 1. The number of carboxylic acids is 1. The van der Waals surface area contributed by atoms with Crippen LogP contribution >= 0.6 is 0 Å². The van der Waals surface area contributed by atoms with Gasteiger partial charge in [-0.1, -0.05) is 0 Å². The molecule has 0 spiro atoms. The maximum Gasteiger partial charge on any atom is 0.356 e. The molecule has 1 aromatic heterocycles. The molecule has 0 saturated carbocycles. The standard InChI is InChI=1S/C10H12N2O4/c13-9-4-3-8(10(14)15)11-12(9)7-2-1-5-16-6-7/h3-4,7H,1-2,5-6H2,(H,14,15). The van der Waals surface area contributed by atoms with Gasteiger partial charge in [0, 0.05) is 12.7 Å². The van der Waals surface area contributed by atoms with E-state index in [2.05, 4.69) is 5.10 Å². The van der Waals surface area contributed by atoms with Crippen molar-refractivity contribution in [2.24, 2.45) is 0 Å². The minimum Gasteiger partial charge on any atom is -0.476 e. The molecule has 0 aliphatic carbocycles. The molecule has 86 valence electrons. The lowest BCUT2D eigenvalue weighted by Crippen LogP contribution is -2.33. The van der Waals surface area contributed by atoms with Crippen LogP contribution in [0.2, 0.25) is 0 Å². The number of nitrogens with zero attached hydrogens (tertiary/aromatic N) is 2. The SMILES string of the molecule is O=C(O)c1ccc(=O)n(C2CCCOC2)n1. The Hall–Kier alpha value is -1.69. The Bertz CT molecular complexity index is 448. The van der Waals surface area contributed by atoms with E-state index in [1.807, 2.05) is 0 Å². The van der Waals surface area contributed by atoms with E-state index in [1.54, 1.807) is 0 Å². The van der Waals surface area contributed by atoms with Gasteiger partial charge in [0.05, 0.1) is 12.6 Å². The molecule has 1 saturated heterocycles. The van der Waals surface area contributed by atoms with Gasteiger partial charge in [-0.3, -0.25) is 4.79 Å². The number of hydrogen-bond donors (Lipinski definition) is 1. The summed E-state index contributed by atoms with van der Waals surface area (Å²) in [4.78, 5) is 22.3. The van der Waals surface area contributed by atoms with Crippen LogP contribution in [0.5, 0.6) is 0 Å². The van der Waals surface area contributed by atoms with Crippen LogP contribution in [0.4, 0.5) is 0 Å². The number of carboxylic acid groups (broad SMARTS) is 1. The molecule has 2 rings (SSSR count). The normalized spacial score (nSPS) is 20.6. The molecule has 6 nitrogen and oxygen atoms in total. The summed E-state index contributed by atoms with van der Waals surface area (Å²) in [5.74, 6) is -1.13. The highest BCUT2D eigenvalue weighted by Gasteiger charge is 2.19. The molecule has 1 aromatic rings. The molecule has 1 aliphatic rings. The minimum absolute atomic E-state index is 0.120. The van der Waals surface area contributed by atoms with Crippen LogP contribution in [0.15, 0.2) is 16.9 Å². The molecule has 1 aliphatic heterocycles. The number of aromatic carboxylic acids is 1. The first-order chi connectivity index (χ1) is 7.68. The van der Waals surface area contributed by atoms with Crippen molar-refractivity contribution in [3.8, 4) is 0 Å². The summed E-state index contributed by atoms with van der Waals surface area (Å²) >= 11 is 0. The van der Waals surface area contributed by atoms with Crippen molar-refractivity contribution in [1.29, 1.82) is 0 Å². The Labute approximate surface area is 91.5 Å². The maximum absolute atomic E-state index is 11.5. The molecule has 1 atom stereocenters. The Morgan fingerprint density at radius 2 is 2.38 bits per heavy atom. The fraction of sp³-hybridized carbons (Fsp3) is 0.500. The number of aromatic nitrogens is 2. The molecule has 0 amide bonds. The fourth-order valence-electron chi connectivity index (χ4n) is 1.72. The third-order valence-electron chi connectivity index (χ3n) is 2.53. The quantitative estimate of drug-likeness (QED) is 0.781. The highest BCUT2D eigenvalue weighted by Crippen LogP contribution is 2.16. The zero-order valence-electron chi connectivity index (χ0n) is 8.63. The molecular formula is C10H12N2O4. The van der Waals surface area contributed by atoms with Crippen LogP contribution < -0.4 is 5.56 Å². The molecular weight excluding hydrogens is 212 g/mol. The predicted octanol–water partition coefficient (Wildman–Crippen LogP) is 0.293. The Kier molecular flexibility index (Phi) is 3.00. The van der Waals surface area contributed by atoms with Gasteiger partial charge in [0.15, 0.2) is 5.69 Å². The van der Waals surface area contributed by atoms with Crippen LogP contribution in [-0.2, 0) is 4.74 Å². The van der Waals surface area contributed by atoms with Gasteiger partial charge in [-0.2, -0.15) is 5.10 Å². The van der Waals surface area contributed by atoms with Crippen LogP contribution in [0, 0.1) is 0 Å². The van der Waals surface area contributed by atoms with E-state index in [0.717, 1.165) is 12.8 Å². The molecule has 0 radical (unpaired) electrons. The van der Waals surface area contributed by atoms with E-state index in [1.165, 1.54) is 16.8 Å². The largest absolute Gasteiger partial charge is 0.476 e. The van der Waals surface area contributed by atoms with Gasteiger partial charge in [-0.25, -0.2) is 9.48 Å². The zero-order valence-corrected chi connectivity index (χ0v) is 8.63. The summed E-state index contributed by atoms with van der Waals surface area (Å²) < 4.78 is 6.46. The van der Waals surface area contributed by atoms with E-state index in [4.69, 9.17) is 9.84 Å². The molecule has 0 bridgehead atoms. The minimum atomic E-state index is -1.13. The summed E-state index contributed by atoms with van der Waals surface area (Å²) in [5.41, 5.74) is -0.411. The zero-order chi connectivity index (χ0) is 11.5. The van der Waals surface area contributed by atoms with Crippen LogP contribution in [0.1, 0.15) is 29.4 Å². The third-order valence-corrected chi connectivity index (χ3v) is 2.53. The van der Waals surface area contributed by atoms with Crippen LogP contribution in [0.3, 0.4) is 0 Å². The van der Waals surface area contributed by atoms with E-state index in [9.17, 15) is 9.59 Å². The van der Waals surface area contributed by atoms with Gasteiger partial charge < -0.3 is 9.84 Å². The molecule has 2 heterocycles. The molecule has 1 fully saturated rings. The van der Waals surface area contributed by atoms with Crippen molar-refractivity contribution in [1.82, 2.24) is 9.78 Å². The number of rotatable bonds is 2. The Morgan fingerprint density at radius 3 is 3.00 bits per heavy atom. The average molecular weight is 224 g/mol. The fourth-order valence-corrected chi connectivity index (χ4v) is 1.72. The van der Waals surface area contributed by atoms with Crippen molar-refractivity contribution in [2.45, 2.75) is 18.9 Å². The van der Waals surface area contributed by atoms with Crippen molar-refractivity contribution in [3.05, 3.63) is 28.2 Å². The Balaban J connectivity index is 2.34. The summed E-state index contributed by atoms with van der Waals surface area (Å²) in [5, 5.41) is 12.6. The van der Waals surface area contributed by atoms with Gasteiger partial charge in [-0.05, 0) is 18.9 Å². The first kappa shape index (κ1) is 10.8. The molecule has 1 unspecified atom stereocenters. The van der Waals surface area contributed by atoms with Gasteiger partial charge in [0.25, 0.3) is 5.56 Å². The predicted molar refractivity (Wildman–Crippen MR) is 54.5 cm³/mol. The first-order valence-corrected chi connectivity index (χ1v) is 5.09. The van der Waals surface area contributed by atoms with Gasteiger partial charge >= 0.3 is 5.97 Å². The van der Waals surface area contributed by atoms with Crippen molar-refractivity contribution >= 4 is 5.97 Å². The van der Waals surface area contributed by atoms with Crippen LogP contribution in [0.25, 0.3) is 0 Å². The van der Waals surface area contributed by atoms with Crippen molar-refractivity contribution in [3.63, 3.8) is 0 Å². The third kappa shape index (κ3) is 2.11. The van der Waals surface area contributed by atoms with Crippen molar-refractivity contribution < 1.29 is 14.6 Å². The number of ether oxygens (including phenoxy) is 1. The van der Waals surface area contributed by atoms with Gasteiger partial charge in [0.1, 0.15) is 0 Å². The molecule has 0 aromatic carbocycles. The van der Waals surface area contributed by atoms with Gasteiger partial charge in [0.2, 0.25) is 0 Å². The summed E-state index contributed by atoms with van der Waals surface area (Å²) in [7, 11) is 0. The second kappa shape index (κ2) is 4.44. The summed E-state index contributed by atoms with van der Waals surface area (Å²) in [6, 6.07) is 2.29. The monoisotopic (exact) mass is 224 g/mol. The molecule has 16 heavy (non-hydrogen) atoms. The van der Waals surface area contributed by atoms with E-state index >= 15 is 0 Å². The number of hydrogen-bond acceptors (Lipinski definition) is 4. The maximum atomic E-state index is 11.5. The van der Waals surface area contributed by atoms with E-state index < -0.39 is 5.97 Å². The smallest absolute Gasteiger partial charge is 0.356 e. The van der Waals surface area contributed by atoms with E-state index in [0.29, 0.717) is 13.2 Å². The average Bonchev–Trinajstić information content (AvgIpc) is 2.30. The Morgan fingerprint density at radius 1 is 1.56 bits per heavy atom. The second-order valence-electron chi connectivity index (χ2n) is 3.68. The lowest BCUT2D eigenvalue weighted by atomic mass is 10.1. The van der Waals surface area contributed by atoms with Crippen LogP contribution in [-0.4, -0.2) is 34.1 Å². The van der Waals surface area contributed by atoms with Gasteiger partial charge in [-0.15, -0.1) is 0 Å². The topological polar surface area (TPSA) is 81.4 Å². The molecule has 6 heteroatoms. The highest BCUT2D eigenvalue weighted by atomic mass is 16.5. The summed E-state index contributed by atoms with van der Waals surface area (Å²) in [6.45, 7) is 1.10. The lowest BCUT2D eigenvalue weighted by Gasteiger charge is -2.22.